The third-order valence-corrected chi connectivity index (χ3v) is 4.06. The molecule has 20 heavy (non-hydrogen) atoms. The van der Waals surface area contributed by atoms with Gasteiger partial charge in [0.05, 0.1) is 12.1 Å². The molecule has 112 valence electrons. The average molecular weight is 319 g/mol. The van der Waals surface area contributed by atoms with E-state index in [-0.39, 0.29) is 24.2 Å². The number of halogens is 2. The molecule has 0 bridgehead atoms. The van der Waals surface area contributed by atoms with Crippen LogP contribution in [0, 0.1) is 11.8 Å². The summed E-state index contributed by atoms with van der Waals surface area (Å²) in [4.78, 5) is 14.0. The van der Waals surface area contributed by atoms with Gasteiger partial charge in [-0.2, -0.15) is 0 Å². The Morgan fingerprint density at radius 1 is 1.50 bits per heavy atom. The molecule has 4 nitrogen and oxygen atoms in total. The Bertz CT molecular complexity index is 478. The number of nitrogens with one attached hydrogen (secondary N) is 1. The number of ether oxygens (including phenoxy) is 1. The molecule has 0 radical (unpaired) electrons. The van der Waals surface area contributed by atoms with Crippen molar-refractivity contribution >= 4 is 35.6 Å². The normalized spacial score (nSPS) is 15.8. The summed E-state index contributed by atoms with van der Waals surface area (Å²) >= 11 is 6.09. The average Bonchev–Trinajstić information content (AvgIpc) is 2.34. The van der Waals surface area contributed by atoms with E-state index in [1.165, 1.54) is 0 Å². The van der Waals surface area contributed by atoms with Crippen LogP contribution in [-0.2, 0) is 4.79 Å². The lowest BCUT2D eigenvalue weighted by Crippen LogP contribution is -2.50. The molecule has 0 spiro atoms. The molecule has 0 saturated carbocycles. The van der Waals surface area contributed by atoms with E-state index in [4.69, 9.17) is 16.3 Å². The lowest BCUT2D eigenvalue weighted by molar-refractivity contribution is -0.123. The number of rotatable bonds is 4. The van der Waals surface area contributed by atoms with Gasteiger partial charge in [0.15, 0.2) is 0 Å². The van der Waals surface area contributed by atoms with E-state index in [0.29, 0.717) is 16.7 Å². The zero-order valence-corrected chi connectivity index (χ0v) is 13.4. The van der Waals surface area contributed by atoms with E-state index in [2.05, 4.69) is 5.32 Å². The summed E-state index contributed by atoms with van der Waals surface area (Å²) in [7, 11) is 3.35. The Morgan fingerprint density at radius 2 is 2.15 bits per heavy atom. The summed E-state index contributed by atoms with van der Waals surface area (Å²) < 4.78 is 5.11. The maximum absolute atomic E-state index is 12.4. The number of carbonyl (C=O) groups excluding carboxylic acids is 1. The Hall–Kier alpha value is -0.970. The molecule has 1 fully saturated rings. The number of hydrogen-bond donors (Lipinski definition) is 1. The van der Waals surface area contributed by atoms with Crippen LogP contribution in [0.25, 0.3) is 0 Å². The van der Waals surface area contributed by atoms with Crippen molar-refractivity contribution in [2.45, 2.75) is 6.92 Å². The Balaban J connectivity index is 0.00000200. The van der Waals surface area contributed by atoms with Crippen LogP contribution < -0.4 is 15.0 Å². The van der Waals surface area contributed by atoms with Crippen molar-refractivity contribution in [2.75, 3.05) is 32.1 Å². The summed E-state index contributed by atoms with van der Waals surface area (Å²) in [6.07, 6.45) is 0. The molecule has 1 aliphatic rings. The van der Waals surface area contributed by atoms with Crippen molar-refractivity contribution in [2.24, 2.45) is 11.8 Å². The first-order valence-electron chi connectivity index (χ1n) is 6.36. The molecule has 1 aliphatic heterocycles. The topological polar surface area (TPSA) is 41.6 Å². The highest BCUT2D eigenvalue weighted by Crippen LogP contribution is 2.30. The molecule has 1 atom stereocenters. The Labute approximate surface area is 130 Å². The lowest BCUT2D eigenvalue weighted by atomic mass is 9.88. The van der Waals surface area contributed by atoms with Gasteiger partial charge in [-0.1, -0.05) is 18.5 Å². The van der Waals surface area contributed by atoms with Gasteiger partial charge in [0, 0.05) is 18.7 Å². The van der Waals surface area contributed by atoms with E-state index in [9.17, 15) is 4.79 Å². The predicted molar refractivity (Wildman–Crippen MR) is 84.2 cm³/mol. The van der Waals surface area contributed by atoms with Gasteiger partial charge in [0.1, 0.15) is 5.75 Å². The summed E-state index contributed by atoms with van der Waals surface area (Å²) in [5.41, 5.74) is 0.787. The molecule has 0 aromatic heterocycles. The molecule has 1 aromatic carbocycles. The quantitative estimate of drug-likeness (QED) is 0.927. The maximum Gasteiger partial charge on any atom is 0.229 e. The fourth-order valence-electron chi connectivity index (χ4n) is 2.16. The third-order valence-electron chi connectivity index (χ3n) is 3.76. The van der Waals surface area contributed by atoms with Gasteiger partial charge in [-0.3, -0.25) is 4.79 Å². The number of methoxy groups -OCH3 is 1. The number of nitrogens with zero attached hydrogens (tertiary/aromatic N) is 1. The number of carbonyl (C=O) groups is 1. The van der Waals surface area contributed by atoms with Crippen molar-refractivity contribution in [1.29, 1.82) is 0 Å². The van der Waals surface area contributed by atoms with Gasteiger partial charge in [-0.05, 0) is 37.2 Å². The second kappa shape index (κ2) is 7.16. The van der Waals surface area contributed by atoms with Crippen molar-refractivity contribution in [3.63, 3.8) is 0 Å². The van der Waals surface area contributed by atoms with Gasteiger partial charge in [0.2, 0.25) is 5.91 Å². The molecule has 1 heterocycles. The van der Waals surface area contributed by atoms with Crippen LogP contribution in [0.3, 0.4) is 0 Å². The number of benzene rings is 1. The summed E-state index contributed by atoms with van der Waals surface area (Å²) in [6, 6.07) is 5.37. The first-order valence-corrected chi connectivity index (χ1v) is 6.74. The maximum atomic E-state index is 12.4. The summed E-state index contributed by atoms with van der Waals surface area (Å²) in [6.45, 7) is 3.82. The van der Waals surface area contributed by atoms with E-state index in [0.717, 1.165) is 18.8 Å². The second-order valence-electron chi connectivity index (χ2n) is 4.92. The van der Waals surface area contributed by atoms with Crippen LogP contribution in [0.15, 0.2) is 18.2 Å². The highest BCUT2D eigenvalue weighted by atomic mass is 35.5. The predicted octanol–water partition coefficient (Wildman–Crippen LogP) is 2.59. The minimum Gasteiger partial charge on any atom is -0.495 e. The standard InChI is InChI=1S/C14H19ClN2O2.ClH/c1-9(10-7-16-8-10)14(18)17(2)11-4-5-13(19-3)12(15)6-11;/h4-6,9-10,16H,7-8H2,1-3H3;1H. The van der Waals surface area contributed by atoms with Crippen molar-refractivity contribution in [3.05, 3.63) is 23.2 Å². The molecular formula is C14H20Cl2N2O2. The molecule has 2 rings (SSSR count). The zero-order chi connectivity index (χ0) is 14.0. The van der Waals surface area contributed by atoms with Gasteiger partial charge in [-0.25, -0.2) is 0 Å². The summed E-state index contributed by atoms with van der Waals surface area (Å²) in [5, 5.41) is 3.70. The second-order valence-corrected chi connectivity index (χ2v) is 5.33. The number of anilines is 1. The van der Waals surface area contributed by atoms with Crippen LogP contribution in [0.1, 0.15) is 6.92 Å². The zero-order valence-electron chi connectivity index (χ0n) is 11.9. The first-order chi connectivity index (χ1) is 9.04. The van der Waals surface area contributed by atoms with E-state index in [1.807, 2.05) is 13.0 Å². The smallest absolute Gasteiger partial charge is 0.229 e. The van der Waals surface area contributed by atoms with Crippen LogP contribution in [0.5, 0.6) is 5.75 Å². The number of hydrogen-bond acceptors (Lipinski definition) is 3. The Morgan fingerprint density at radius 3 is 2.60 bits per heavy atom. The van der Waals surface area contributed by atoms with Crippen LogP contribution in [-0.4, -0.2) is 33.2 Å². The van der Waals surface area contributed by atoms with Crippen LogP contribution in [0.4, 0.5) is 5.69 Å². The van der Waals surface area contributed by atoms with Crippen molar-refractivity contribution in [1.82, 2.24) is 5.32 Å². The third kappa shape index (κ3) is 3.37. The molecular weight excluding hydrogens is 299 g/mol. The summed E-state index contributed by atoms with van der Waals surface area (Å²) in [5.74, 6) is 1.19. The Kier molecular flexibility index (Phi) is 6.11. The first kappa shape index (κ1) is 17.1. The lowest BCUT2D eigenvalue weighted by Gasteiger charge is -2.34. The molecule has 1 unspecified atom stereocenters. The van der Waals surface area contributed by atoms with Crippen molar-refractivity contribution < 1.29 is 9.53 Å². The molecule has 0 aliphatic carbocycles. The largest absolute Gasteiger partial charge is 0.495 e. The highest BCUT2D eigenvalue weighted by Gasteiger charge is 2.30. The van der Waals surface area contributed by atoms with Crippen molar-refractivity contribution in [3.8, 4) is 5.75 Å². The molecule has 6 heteroatoms. The van der Waals surface area contributed by atoms with Gasteiger partial charge in [-0.15, -0.1) is 12.4 Å². The van der Waals surface area contributed by atoms with Gasteiger partial charge in [0.25, 0.3) is 0 Å². The number of amides is 1. The van der Waals surface area contributed by atoms with Crippen LogP contribution in [0.2, 0.25) is 5.02 Å². The molecule has 1 aromatic rings. The van der Waals surface area contributed by atoms with E-state index in [1.54, 1.807) is 31.2 Å². The highest BCUT2D eigenvalue weighted by molar-refractivity contribution is 6.32. The molecule has 1 N–H and O–H groups in total. The SMILES string of the molecule is COc1ccc(N(C)C(=O)C(C)C2CNC2)cc1Cl.Cl. The van der Waals surface area contributed by atoms with E-state index < -0.39 is 0 Å². The van der Waals surface area contributed by atoms with Gasteiger partial charge < -0.3 is 15.0 Å². The fraction of sp³-hybridized carbons (Fsp3) is 0.500. The van der Waals surface area contributed by atoms with Crippen LogP contribution >= 0.6 is 24.0 Å². The molecule has 1 saturated heterocycles. The van der Waals surface area contributed by atoms with Gasteiger partial charge >= 0.3 is 0 Å². The minimum absolute atomic E-state index is 0. The minimum atomic E-state index is 0. The monoisotopic (exact) mass is 318 g/mol. The molecule has 1 amide bonds. The van der Waals surface area contributed by atoms with E-state index >= 15 is 0 Å². The fourth-order valence-corrected chi connectivity index (χ4v) is 2.41.